The van der Waals surface area contributed by atoms with Crippen molar-refractivity contribution in [1.82, 2.24) is 19.9 Å². The van der Waals surface area contributed by atoms with Crippen LogP contribution >= 0.6 is 0 Å². The van der Waals surface area contributed by atoms with Crippen molar-refractivity contribution in [1.29, 1.82) is 0 Å². The van der Waals surface area contributed by atoms with Crippen LogP contribution in [0.4, 0.5) is 48.3 Å². The van der Waals surface area contributed by atoms with E-state index in [1.54, 1.807) is 18.2 Å². The van der Waals surface area contributed by atoms with E-state index in [1.165, 1.54) is 53.2 Å². The van der Waals surface area contributed by atoms with Gasteiger partial charge in [0.15, 0.2) is 5.82 Å². The molecular weight excluding hydrogens is 624 g/mol. The highest BCUT2D eigenvalue weighted by Crippen LogP contribution is 2.33. The maximum Gasteiger partial charge on any atom is 0.573 e. The molecule has 5 N–H and O–H groups in total. The molecule has 0 saturated heterocycles. The number of aromatic nitrogens is 3. The highest BCUT2D eigenvalue weighted by atomic mass is 19.4. The van der Waals surface area contributed by atoms with E-state index in [2.05, 4.69) is 25.5 Å². The van der Waals surface area contributed by atoms with Gasteiger partial charge in [0.2, 0.25) is 0 Å². The zero-order chi connectivity index (χ0) is 33.1. The average Bonchev–Trinajstić information content (AvgIpc) is 3.37. The number of carbonyl (C=O) groups is 2. The number of alkyl halides is 6. The lowest BCUT2D eigenvalue weighted by molar-refractivity contribution is -0.274. The number of amides is 3. The number of carbonyl (C=O) groups excluding carboxylic acids is 2. The van der Waals surface area contributed by atoms with Crippen molar-refractivity contribution >= 4 is 34.6 Å². The normalized spacial score (nSPS) is 11.6. The Morgan fingerprint density at radius 2 is 1.52 bits per heavy atom. The number of halogens is 6. The van der Waals surface area contributed by atoms with Gasteiger partial charge in [-0.3, -0.25) is 4.79 Å². The number of benzene rings is 3. The first kappa shape index (κ1) is 31.4. The van der Waals surface area contributed by atoms with Crippen LogP contribution in [0.2, 0.25) is 0 Å². The number of hydrogen-bond donors (Lipinski definition) is 4. The molecule has 0 aliphatic heterocycles. The Morgan fingerprint density at radius 1 is 0.848 bits per heavy atom. The first-order valence-electron chi connectivity index (χ1n) is 13.0. The van der Waals surface area contributed by atoms with Gasteiger partial charge in [-0.15, -0.1) is 13.2 Å². The van der Waals surface area contributed by atoms with Gasteiger partial charge in [0, 0.05) is 29.2 Å². The molecule has 238 valence electrons. The number of nitrogen functional groups attached to an aromatic ring is 1. The number of nitrogens with two attached hydrogens (primary N) is 1. The number of hydrogen-bond acceptors (Lipinski definition) is 7. The zero-order valence-corrected chi connectivity index (χ0v) is 23.1. The smallest absolute Gasteiger partial charge is 0.457 e. The van der Waals surface area contributed by atoms with Gasteiger partial charge >= 0.3 is 18.6 Å². The monoisotopic (exact) mass is 645 g/mol. The lowest BCUT2D eigenvalue weighted by Crippen LogP contribution is -2.33. The summed E-state index contributed by atoms with van der Waals surface area (Å²) in [5.74, 6) is -0.920. The van der Waals surface area contributed by atoms with Crippen LogP contribution in [-0.4, -0.2) is 45.6 Å². The van der Waals surface area contributed by atoms with E-state index in [-0.39, 0.29) is 34.0 Å². The molecule has 3 aromatic carbocycles. The van der Waals surface area contributed by atoms with E-state index >= 15 is 0 Å². The molecule has 0 saturated carbocycles. The van der Waals surface area contributed by atoms with Crippen LogP contribution in [0.15, 0.2) is 85.3 Å². The molecule has 5 aromatic rings. The van der Waals surface area contributed by atoms with Gasteiger partial charge < -0.3 is 31.2 Å². The Morgan fingerprint density at radius 3 is 2.20 bits per heavy atom. The molecule has 2 aromatic heterocycles. The third kappa shape index (κ3) is 7.93. The summed E-state index contributed by atoms with van der Waals surface area (Å²) in [7, 11) is 0. The largest absolute Gasteiger partial charge is 0.573 e. The minimum Gasteiger partial charge on any atom is -0.457 e. The van der Waals surface area contributed by atoms with Gasteiger partial charge in [0.25, 0.3) is 5.91 Å². The van der Waals surface area contributed by atoms with Crippen molar-refractivity contribution in [3.05, 3.63) is 90.9 Å². The summed E-state index contributed by atoms with van der Waals surface area (Å²) in [6.45, 7) is -1.54. The van der Waals surface area contributed by atoms with E-state index in [1.807, 2.05) is 5.32 Å². The number of anilines is 3. The molecule has 0 unspecified atom stereocenters. The summed E-state index contributed by atoms with van der Waals surface area (Å²) in [6, 6.07) is 16.4. The minimum atomic E-state index is -4.82. The number of fused-ring (bicyclic) bond motifs is 1. The highest BCUT2D eigenvalue weighted by Gasteiger charge is 2.31. The topological polar surface area (TPSA) is 145 Å². The molecule has 0 atom stereocenters. The van der Waals surface area contributed by atoms with Gasteiger partial charge in [0.1, 0.15) is 35.6 Å². The average molecular weight is 646 g/mol. The van der Waals surface area contributed by atoms with Crippen molar-refractivity contribution in [2.75, 3.05) is 22.9 Å². The van der Waals surface area contributed by atoms with E-state index in [0.717, 1.165) is 18.5 Å². The van der Waals surface area contributed by atoms with Crippen LogP contribution < -0.4 is 31.2 Å². The third-order valence-electron chi connectivity index (χ3n) is 6.11. The van der Waals surface area contributed by atoms with Crippen molar-refractivity contribution < 1.29 is 45.4 Å². The van der Waals surface area contributed by atoms with Gasteiger partial charge in [-0.25, -0.2) is 14.3 Å². The van der Waals surface area contributed by atoms with Crippen molar-refractivity contribution in [2.45, 2.75) is 12.5 Å². The lowest BCUT2D eigenvalue weighted by Gasteiger charge is -2.12. The van der Waals surface area contributed by atoms with Gasteiger partial charge in [-0.05, 0) is 54.1 Å². The Kier molecular flexibility index (Phi) is 8.57. The summed E-state index contributed by atoms with van der Waals surface area (Å²) < 4.78 is 86.0. The maximum atomic E-state index is 12.7. The number of nitrogens with one attached hydrogen (secondary N) is 3. The van der Waals surface area contributed by atoms with Crippen LogP contribution in [0.1, 0.15) is 10.4 Å². The summed E-state index contributed by atoms with van der Waals surface area (Å²) >= 11 is 0. The Balaban J connectivity index is 1.27. The second-order valence-electron chi connectivity index (χ2n) is 9.46. The first-order chi connectivity index (χ1) is 21.7. The number of nitrogens with zero attached hydrogens (tertiary/aromatic N) is 3. The van der Waals surface area contributed by atoms with Crippen molar-refractivity contribution in [3.63, 3.8) is 0 Å². The summed E-state index contributed by atoms with van der Waals surface area (Å²) in [4.78, 5) is 29.3. The standard InChI is InChI=1S/C29H21F6N7O4/c30-28(31,32)14-37-26(43)22-13-42-24(25(36)38-15-39-42)23(22)16-4-6-17(7-5-16)40-27(44)41-18-2-1-3-21(12-18)45-19-8-10-20(11-9-19)46-29(33,34)35/h1-13,15H,14H2,(H,37,43)(H2,36,38,39)(H2,40,41,44). The lowest BCUT2D eigenvalue weighted by atomic mass is 10.0. The summed E-state index contributed by atoms with van der Waals surface area (Å²) in [5.41, 5.74) is 7.30. The molecule has 5 rings (SSSR count). The number of rotatable bonds is 8. The van der Waals surface area contributed by atoms with E-state index < -0.39 is 36.8 Å². The van der Waals surface area contributed by atoms with Gasteiger partial charge in [-0.1, -0.05) is 18.2 Å². The highest BCUT2D eigenvalue weighted by molar-refractivity contribution is 6.07. The Labute approximate surface area is 254 Å². The molecule has 11 nitrogen and oxygen atoms in total. The molecule has 0 aliphatic rings. The molecule has 0 bridgehead atoms. The zero-order valence-electron chi connectivity index (χ0n) is 23.1. The van der Waals surface area contributed by atoms with Crippen LogP contribution in [0.25, 0.3) is 16.6 Å². The van der Waals surface area contributed by atoms with E-state index in [9.17, 15) is 35.9 Å². The van der Waals surface area contributed by atoms with Gasteiger partial charge in [0.05, 0.1) is 5.56 Å². The molecule has 0 aliphatic carbocycles. The molecule has 3 amide bonds. The van der Waals surface area contributed by atoms with Gasteiger partial charge in [-0.2, -0.15) is 18.3 Å². The predicted molar refractivity (Wildman–Crippen MR) is 154 cm³/mol. The summed E-state index contributed by atoms with van der Waals surface area (Å²) in [6.07, 6.45) is -7.08. The van der Waals surface area contributed by atoms with E-state index in [4.69, 9.17) is 10.5 Å². The molecule has 0 spiro atoms. The SMILES string of the molecule is Nc1ncnn2cc(C(=O)NCC(F)(F)F)c(-c3ccc(NC(=O)Nc4cccc(Oc5ccc(OC(F)(F)F)cc5)c4)cc3)c12. The van der Waals surface area contributed by atoms with Crippen LogP contribution in [-0.2, 0) is 0 Å². The van der Waals surface area contributed by atoms with E-state index in [0.29, 0.717) is 16.9 Å². The van der Waals surface area contributed by atoms with Crippen LogP contribution in [0.5, 0.6) is 17.2 Å². The van der Waals surface area contributed by atoms with Crippen LogP contribution in [0, 0.1) is 0 Å². The van der Waals surface area contributed by atoms with Crippen molar-refractivity contribution in [3.8, 4) is 28.4 Å². The number of urea groups is 1. The molecule has 17 heteroatoms. The van der Waals surface area contributed by atoms with Crippen molar-refractivity contribution in [2.24, 2.45) is 0 Å². The summed E-state index contributed by atoms with van der Waals surface area (Å²) in [5, 5.41) is 11.1. The first-order valence-corrected chi connectivity index (χ1v) is 13.0. The number of ether oxygens (including phenoxy) is 2. The molecule has 0 radical (unpaired) electrons. The molecule has 2 heterocycles. The molecule has 0 fully saturated rings. The maximum absolute atomic E-state index is 12.7. The fourth-order valence-electron chi connectivity index (χ4n) is 4.27. The Hall–Kier alpha value is -6.00. The molecule has 46 heavy (non-hydrogen) atoms. The fraction of sp³-hybridized carbons (Fsp3) is 0.103. The quantitative estimate of drug-likeness (QED) is 0.139. The van der Waals surface area contributed by atoms with Crippen LogP contribution in [0.3, 0.4) is 0 Å². The minimum absolute atomic E-state index is 0.0138. The third-order valence-corrected chi connectivity index (χ3v) is 6.11. The predicted octanol–water partition coefficient (Wildman–Crippen LogP) is 6.61. The second-order valence-corrected chi connectivity index (χ2v) is 9.46. The Bertz CT molecular complexity index is 1880. The second kappa shape index (κ2) is 12.5. The fourth-order valence-corrected chi connectivity index (χ4v) is 4.27. The molecular formula is C29H21F6N7O4.